The number of phenolic OH excluding ortho intramolecular Hbond substituents is 1. The molecule has 1 aliphatic heterocycles. The van der Waals surface area contributed by atoms with Crippen LogP contribution >= 0.6 is 0 Å². The van der Waals surface area contributed by atoms with Crippen molar-refractivity contribution >= 4 is 0 Å². The second kappa shape index (κ2) is 7.67. The van der Waals surface area contributed by atoms with E-state index in [1.165, 1.54) is 36.9 Å². The molecule has 0 spiro atoms. The van der Waals surface area contributed by atoms with Crippen LogP contribution in [-0.4, -0.2) is 43.9 Å². The first-order valence-electron chi connectivity index (χ1n) is 10.4. The van der Waals surface area contributed by atoms with Gasteiger partial charge in [-0.15, -0.1) is 0 Å². The molecule has 0 saturated heterocycles. The van der Waals surface area contributed by atoms with Crippen LogP contribution in [0.1, 0.15) is 42.0 Å². The Hall–Kier alpha value is -2.20. The summed E-state index contributed by atoms with van der Waals surface area (Å²) in [7, 11) is 5.75. The molecule has 4 heteroatoms. The minimum atomic E-state index is 0.221. The molecule has 28 heavy (non-hydrogen) atoms. The van der Waals surface area contributed by atoms with Crippen molar-refractivity contribution in [2.24, 2.45) is 5.92 Å². The minimum Gasteiger partial charge on any atom is -0.504 e. The lowest BCUT2D eigenvalue weighted by Crippen LogP contribution is -2.55. The maximum Gasteiger partial charge on any atom is 0.160 e. The van der Waals surface area contributed by atoms with Gasteiger partial charge in [0.2, 0.25) is 0 Å². The summed E-state index contributed by atoms with van der Waals surface area (Å²) in [5.74, 6) is 2.55. The molecule has 0 radical (unpaired) electrons. The van der Waals surface area contributed by atoms with Crippen LogP contribution in [0.25, 0.3) is 0 Å². The van der Waals surface area contributed by atoms with Gasteiger partial charge in [0.25, 0.3) is 0 Å². The molecule has 2 aromatic carbocycles. The number of rotatable bonds is 6. The number of hydrogen-bond donors (Lipinski definition) is 1. The number of nitrogens with zero attached hydrogens (tertiary/aromatic N) is 1. The summed E-state index contributed by atoms with van der Waals surface area (Å²) in [6.45, 7) is 2.40. The van der Waals surface area contributed by atoms with Gasteiger partial charge in [-0.25, -0.2) is 0 Å². The molecule has 0 unspecified atom stereocenters. The molecule has 2 aliphatic rings. The zero-order valence-corrected chi connectivity index (χ0v) is 17.3. The molecular weight excluding hydrogens is 350 g/mol. The molecule has 150 valence electrons. The first-order chi connectivity index (χ1) is 13.5. The van der Waals surface area contributed by atoms with Gasteiger partial charge in [0, 0.05) is 24.3 Å². The number of aromatic hydroxyl groups is 1. The zero-order valence-electron chi connectivity index (χ0n) is 17.3. The van der Waals surface area contributed by atoms with E-state index in [-0.39, 0.29) is 5.75 Å². The topological polar surface area (TPSA) is 38.7 Å². The van der Waals surface area contributed by atoms with Crippen LogP contribution in [0.4, 0.5) is 0 Å². The average Bonchev–Trinajstić information content (AvgIpc) is 2.67. The molecule has 1 saturated carbocycles. The van der Waals surface area contributed by atoms with Crippen molar-refractivity contribution in [2.45, 2.75) is 38.1 Å². The van der Waals surface area contributed by atoms with Crippen LogP contribution < -0.4 is 9.47 Å². The molecule has 0 bridgehead atoms. The Bertz CT molecular complexity index is 846. The van der Waals surface area contributed by atoms with Crippen molar-refractivity contribution < 1.29 is 19.1 Å². The molecule has 1 aliphatic carbocycles. The van der Waals surface area contributed by atoms with E-state index >= 15 is 0 Å². The minimum absolute atomic E-state index is 0.221. The fraction of sp³-hybridized carbons (Fsp3) is 0.500. The summed E-state index contributed by atoms with van der Waals surface area (Å²) in [6.07, 6.45) is 6.15. The molecule has 0 amide bonds. The standard InChI is InChI=1S/C24H31NO3/c1-25(16-17-5-4-6-17)12-11-19-15-20(27-2)8-9-21(19)22(25)13-18-7-10-24(28-3)23(26)14-18/h7-10,14-15,17,22H,4-6,11-13,16H2,1-3H3/p+1/t22-,25+/m1/s1. The predicted molar refractivity (Wildman–Crippen MR) is 111 cm³/mol. The van der Waals surface area contributed by atoms with Gasteiger partial charge < -0.3 is 19.1 Å². The number of methoxy groups -OCH3 is 2. The van der Waals surface area contributed by atoms with Crippen LogP contribution in [0.5, 0.6) is 17.2 Å². The normalized spacial score (nSPS) is 24.3. The highest BCUT2D eigenvalue weighted by molar-refractivity contribution is 5.43. The van der Waals surface area contributed by atoms with Crippen LogP contribution in [0.3, 0.4) is 0 Å². The van der Waals surface area contributed by atoms with Gasteiger partial charge in [0.05, 0.1) is 34.4 Å². The van der Waals surface area contributed by atoms with Gasteiger partial charge in [-0.1, -0.05) is 12.5 Å². The Balaban J connectivity index is 1.68. The zero-order chi connectivity index (χ0) is 19.7. The lowest BCUT2D eigenvalue weighted by Gasteiger charge is -2.48. The highest BCUT2D eigenvalue weighted by Crippen LogP contribution is 2.42. The molecule has 1 heterocycles. The SMILES string of the molecule is COc1ccc2c(c1)CC[N@@+](C)(CC1CCC1)[C@@H]2Cc1ccc(OC)c(O)c1. The third-order valence-electron chi connectivity index (χ3n) is 6.93. The van der Waals surface area contributed by atoms with E-state index in [1.807, 2.05) is 12.1 Å². The van der Waals surface area contributed by atoms with E-state index in [4.69, 9.17) is 9.47 Å². The van der Waals surface area contributed by atoms with Gasteiger partial charge >= 0.3 is 0 Å². The molecule has 4 rings (SSSR count). The first kappa shape index (κ1) is 19.1. The number of ether oxygens (including phenoxy) is 2. The highest BCUT2D eigenvalue weighted by Gasteiger charge is 2.41. The van der Waals surface area contributed by atoms with Gasteiger partial charge in [0.15, 0.2) is 11.5 Å². The van der Waals surface area contributed by atoms with E-state index < -0.39 is 0 Å². The monoisotopic (exact) mass is 382 g/mol. The number of fused-ring (bicyclic) bond motifs is 1. The molecular formula is C24H32NO3+. The van der Waals surface area contributed by atoms with E-state index in [0.717, 1.165) is 41.1 Å². The molecule has 4 nitrogen and oxygen atoms in total. The molecule has 1 fully saturated rings. The largest absolute Gasteiger partial charge is 0.504 e. The number of quaternary nitrogens is 1. The third-order valence-corrected chi connectivity index (χ3v) is 6.93. The van der Waals surface area contributed by atoms with Gasteiger partial charge in [-0.2, -0.15) is 0 Å². The Morgan fingerprint density at radius 3 is 2.54 bits per heavy atom. The second-order valence-corrected chi connectivity index (χ2v) is 8.72. The average molecular weight is 383 g/mol. The summed E-state index contributed by atoms with van der Waals surface area (Å²) in [5.41, 5.74) is 4.00. The summed E-state index contributed by atoms with van der Waals surface area (Å²) >= 11 is 0. The third kappa shape index (κ3) is 3.58. The molecule has 2 aromatic rings. The lowest BCUT2D eigenvalue weighted by atomic mass is 9.81. The Labute approximate surface area is 168 Å². The van der Waals surface area contributed by atoms with Crippen molar-refractivity contribution in [1.82, 2.24) is 0 Å². The van der Waals surface area contributed by atoms with Crippen molar-refractivity contribution in [3.63, 3.8) is 0 Å². The van der Waals surface area contributed by atoms with Crippen LogP contribution in [0, 0.1) is 5.92 Å². The smallest absolute Gasteiger partial charge is 0.160 e. The van der Waals surface area contributed by atoms with Gasteiger partial charge in [0.1, 0.15) is 11.8 Å². The van der Waals surface area contributed by atoms with Gasteiger partial charge in [-0.3, -0.25) is 0 Å². The Kier molecular flexibility index (Phi) is 5.24. The van der Waals surface area contributed by atoms with Gasteiger partial charge in [-0.05, 0) is 54.3 Å². The first-order valence-corrected chi connectivity index (χ1v) is 10.4. The second-order valence-electron chi connectivity index (χ2n) is 8.72. The van der Waals surface area contributed by atoms with E-state index in [9.17, 15) is 5.11 Å². The van der Waals surface area contributed by atoms with E-state index in [2.05, 4.69) is 31.3 Å². The summed E-state index contributed by atoms with van der Waals surface area (Å²) in [5, 5.41) is 10.3. The maximum atomic E-state index is 10.3. The van der Waals surface area contributed by atoms with Crippen molar-refractivity contribution in [1.29, 1.82) is 0 Å². The van der Waals surface area contributed by atoms with E-state index in [1.54, 1.807) is 14.2 Å². The molecule has 1 N–H and O–H groups in total. The summed E-state index contributed by atoms with van der Waals surface area (Å²) < 4.78 is 11.8. The Morgan fingerprint density at radius 1 is 1.07 bits per heavy atom. The number of phenols is 1. The van der Waals surface area contributed by atoms with Crippen molar-refractivity contribution in [3.8, 4) is 17.2 Å². The van der Waals surface area contributed by atoms with Crippen molar-refractivity contribution in [2.75, 3.05) is 34.4 Å². The number of benzene rings is 2. The molecule has 2 atom stereocenters. The van der Waals surface area contributed by atoms with Crippen LogP contribution in [-0.2, 0) is 12.8 Å². The quantitative estimate of drug-likeness (QED) is 0.748. The predicted octanol–water partition coefficient (Wildman–Crippen LogP) is 4.50. The van der Waals surface area contributed by atoms with Crippen LogP contribution in [0.15, 0.2) is 36.4 Å². The summed E-state index contributed by atoms with van der Waals surface area (Å²) in [6, 6.07) is 12.8. The fourth-order valence-electron chi connectivity index (χ4n) is 5.02. The highest BCUT2D eigenvalue weighted by atomic mass is 16.5. The number of likely N-dealkylation sites (N-methyl/N-ethyl adjacent to an activating group) is 1. The maximum absolute atomic E-state index is 10.3. The van der Waals surface area contributed by atoms with E-state index in [0.29, 0.717) is 11.8 Å². The molecule has 0 aromatic heterocycles. The lowest BCUT2D eigenvalue weighted by molar-refractivity contribution is -0.945. The number of hydrogen-bond acceptors (Lipinski definition) is 3. The fourth-order valence-corrected chi connectivity index (χ4v) is 5.02. The Morgan fingerprint density at radius 2 is 1.89 bits per heavy atom. The van der Waals surface area contributed by atoms with Crippen molar-refractivity contribution in [3.05, 3.63) is 53.1 Å². The van der Waals surface area contributed by atoms with Crippen LogP contribution in [0.2, 0.25) is 0 Å². The summed E-state index contributed by atoms with van der Waals surface area (Å²) in [4.78, 5) is 0.